The van der Waals surface area contributed by atoms with Crippen molar-refractivity contribution in [3.8, 4) is 11.5 Å². The first-order valence-electron chi connectivity index (χ1n) is 6.46. The van der Waals surface area contributed by atoms with E-state index in [2.05, 4.69) is 4.90 Å². The molecule has 2 aliphatic heterocycles. The zero-order valence-electron chi connectivity index (χ0n) is 10.6. The molecule has 1 N–H and O–H groups in total. The van der Waals surface area contributed by atoms with Crippen LogP contribution in [0.4, 0.5) is 0 Å². The number of ether oxygens (including phenoxy) is 2. The minimum absolute atomic E-state index is 0.271. The number of likely N-dealkylation sites (tertiary alicyclic amines) is 1. The number of nitrogens with zero attached hydrogens (tertiary/aromatic N) is 1. The van der Waals surface area contributed by atoms with Crippen LogP contribution in [0.3, 0.4) is 0 Å². The molecule has 1 fully saturated rings. The van der Waals surface area contributed by atoms with Gasteiger partial charge < -0.3 is 14.6 Å². The van der Waals surface area contributed by atoms with Crippen molar-refractivity contribution in [2.75, 3.05) is 33.4 Å². The van der Waals surface area contributed by atoms with E-state index < -0.39 is 0 Å². The van der Waals surface area contributed by atoms with Crippen LogP contribution in [0.15, 0.2) is 18.2 Å². The van der Waals surface area contributed by atoms with Crippen LogP contribution in [-0.4, -0.2) is 43.4 Å². The van der Waals surface area contributed by atoms with E-state index >= 15 is 0 Å². The van der Waals surface area contributed by atoms with Crippen molar-refractivity contribution in [1.29, 1.82) is 0 Å². The molecule has 2 unspecified atom stereocenters. The number of fused-ring (bicyclic) bond motifs is 1. The largest absolute Gasteiger partial charge is 0.508 e. The first kappa shape index (κ1) is 11.8. The summed E-state index contributed by atoms with van der Waals surface area (Å²) in [5, 5.41) is 9.45. The van der Waals surface area contributed by atoms with E-state index in [1.165, 1.54) is 12.0 Å². The summed E-state index contributed by atoms with van der Waals surface area (Å²) in [4.78, 5) is 2.46. The fourth-order valence-electron chi connectivity index (χ4n) is 3.00. The Morgan fingerprint density at radius 3 is 3.22 bits per heavy atom. The molecule has 0 saturated carbocycles. The van der Waals surface area contributed by atoms with Crippen molar-refractivity contribution >= 4 is 0 Å². The highest BCUT2D eigenvalue weighted by Gasteiger charge is 2.34. The molecule has 4 heteroatoms. The van der Waals surface area contributed by atoms with Crippen LogP contribution in [0, 0.1) is 5.92 Å². The number of hydrogen-bond acceptors (Lipinski definition) is 4. The monoisotopic (exact) mass is 249 g/mol. The van der Waals surface area contributed by atoms with Crippen LogP contribution in [0.2, 0.25) is 0 Å². The lowest BCUT2D eigenvalue weighted by Gasteiger charge is -2.22. The van der Waals surface area contributed by atoms with Gasteiger partial charge in [0, 0.05) is 25.3 Å². The Morgan fingerprint density at radius 2 is 2.39 bits per heavy atom. The Kier molecular flexibility index (Phi) is 3.14. The second-order valence-corrected chi connectivity index (χ2v) is 5.15. The molecule has 3 rings (SSSR count). The summed E-state index contributed by atoms with van der Waals surface area (Å²) in [5.74, 6) is 1.74. The summed E-state index contributed by atoms with van der Waals surface area (Å²) in [6.45, 7) is 3.70. The standard InChI is InChI=1S/C14H19NO3/c1-17-8-10-4-5-15(7-10)13-9-18-14-6-11(16)2-3-12(13)14/h2-3,6,10,13,16H,4-5,7-9H2,1H3. The van der Waals surface area contributed by atoms with E-state index in [0.717, 1.165) is 25.4 Å². The minimum Gasteiger partial charge on any atom is -0.508 e. The molecular formula is C14H19NO3. The highest BCUT2D eigenvalue weighted by molar-refractivity contribution is 5.44. The second kappa shape index (κ2) is 4.78. The van der Waals surface area contributed by atoms with Gasteiger partial charge in [0.1, 0.15) is 18.1 Å². The molecule has 0 spiro atoms. The van der Waals surface area contributed by atoms with Gasteiger partial charge in [-0.25, -0.2) is 0 Å². The molecule has 2 aliphatic rings. The molecule has 1 aromatic rings. The molecule has 0 aromatic heterocycles. The fourth-order valence-corrected chi connectivity index (χ4v) is 3.00. The summed E-state index contributed by atoms with van der Waals surface area (Å²) >= 11 is 0. The molecule has 98 valence electrons. The number of rotatable bonds is 3. The van der Waals surface area contributed by atoms with Gasteiger partial charge in [-0.05, 0) is 31.0 Å². The predicted molar refractivity (Wildman–Crippen MR) is 67.9 cm³/mol. The Balaban J connectivity index is 1.73. The van der Waals surface area contributed by atoms with Gasteiger partial charge in [0.2, 0.25) is 0 Å². The summed E-state index contributed by atoms with van der Waals surface area (Å²) in [7, 11) is 1.76. The lowest BCUT2D eigenvalue weighted by Crippen LogP contribution is -2.28. The molecule has 0 amide bonds. The van der Waals surface area contributed by atoms with Crippen molar-refractivity contribution in [1.82, 2.24) is 4.90 Å². The Labute approximate surface area is 107 Å². The van der Waals surface area contributed by atoms with Gasteiger partial charge >= 0.3 is 0 Å². The maximum Gasteiger partial charge on any atom is 0.127 e. The predicted octanol–water partition coefficient (Wildman–Crippen LogP) is 1.79. The van der Waals surface area contributed by atoms with E-state index in [0.29, 0.717) is 18.6 Å². The van der Waals surface area contributed by atoms with Gasteiger partial charge in [0.15, 0.2) is 0 Å². The normalized spacial score (nSPS) is 27.2. The number of methoxy groups -OCH3 is 1. The molecule has 4 nitrogen and oxygen atoms in total. The number of benzene rings is 1. The highest BCUT2D eigenvalue weighted by Crippen LogP contribution is 2.39. The molecule has 2 heterocycles. The van der Waals surface area contributed by atoms with Crippen LogP contribution in [-0.2, 0) is 4.74 Å². The zero-order chi connectivity index (χ0) is 12.5. The van der Waals surface area contributed by atoms with E-state index in [4.69, 9.17) is 9.47 Å². The van der Waals surface area contributed by atoms with Crippen LogP contribution >= 0.6 is 0 Å². The van der Waals surface area contributed by atoms with Crippen LogP contribution in [0.5, 0.6) is 11.5 Å². The first-order chi connectivity index (χ1) is 8.78. The summed E-state index contributed by atoms with van der Waals surface area (Å²) in [5.41, 5.74) is 1.20. The Hall–Kier alpha value is -1.26. The van der Waals surface area contributed by atoms with Crippen molar-refractivity contribution in [3.63, 3.8) is 0 Å². The number of phenols is 1. The summed E-state index contributed by atoms with van der Waals surface area (Å²) in [6.07, 6.45) is 1.19. The van der Waals surface area contributed by atoms with Crippen LogP contribution < -0.4 is 4.74 Å². The third kappa shape index (κ3) is 2.06. The molecule has 0 aliphatic carbocycles. The average molecular weight is 249 g/mol. The average Bonchev–Trinajstić information content (AvgIpc) is 2.95. The SMILES string of the molecule is COCC1CCN(C2COc3cc(O)ccc32)C1. The number of aromatic hydroxyl groups is 1. The Morgan fingerprint density at radius 1 is 1.50 bits per heavy atom. The molecule has 1 aromatic carbocycles. The van der Waals surface area contributed by atoms with Crippen molar-refractivity contribution in [2.24, 2.45) is 5.92 Å². The van der Waals surface area contributed by atoms with E-state index in [1.54, 1.807) is 19.2 Å². The van der Waals surface area contributed by atoms with E-state index in [9.17, 15) is 5.11 Å². The Bertz CT molecular complexity index is 435. The van der Waals surface area contributed by atoms with Crippen molar-refractivity contribution in [3.05, 3.63) is 23.8 Å². The van der Waals surface area contributed by atoms with Crippen molar-refractivity contribution in [2.45, 2.75) is 12.5 Å². The molecule has 1 saturated heterocycles. The molecule has 0 bridgehead atoms. The van der Waals surface area contributed by atoms with Gasteiger partial charge in [0.05, 0.1) is 12.6 Å². The van der Waals surface area contributed by atoms with Gasteiger partial charge in [-0.2, -0.15) is 0 Å². The van der Waals surface area contributed by atoms with Crippen LogP contribution in [0.1, 0.15) is 18.0 Å². The third-order valence-corrected chi connectivity index (χ3v) is 3.91. The van der Waals surface area contributed by atoms with E-state index in [-0.39, 0.29) is 5.75 Å². The topological polar surface area (TPSA) is 41.9 Å². The van der Waals surface area contributed by atoms with Gasteiger partial charge in [-0.15, -0.1) is 0 Å². The zero-order valence-corrected chi connectivity index (χ0v) is 10.6. The highest BCUT2D eigenvalue weighted by atomic mass is 16.5. The lowest BCUT2D eigenvalue weighted by molar-refractivity contribution is 0.141. The van der Waals surface area contributed by atoms with E-state index in [1.807, 2.05) is 6.07 Å². The smallest absolute Gasteiger partial charge is 0.127 e. The van der Waals surface area contributed by atoms with Gasteiger partial charge in [-0.1, -0.05) is 0 Å². The van der Waals surface area contributed by atoms with Crippen LogP contribution in [0.25, 0.3) is 0 Å². The summed E-state index contributed by atoms with van der Waals surface area (Å²) < 4.78 is 10.9. The van der Waals surface area contributed by atoms with Gasteiger partial charge in [-0.3, -0.25) is 4.90 Å². The maximum absolute atomic E-state index is 9.45. The first-order valence-corrected chi connectivity index (χ1v) is 6.46. The molecule has 18 heavy (non-hydrogen) atoms. The molecular weight excluding hydrogens is 230 g/mol. The maximum atomic E-state index is 9.45. The van der Waals surface area contributed by atoms with Gasteiger partial charge in [0.25, 0.3) is 0 Å². The summed E-state index contributed by atoms with van der Waals surface area (Å²) in [6, 6.07) is 5.76. The molecule has 2 atom stereocenters. The number of hydrogen-bond donors (Lipinski definition) is 1. The molecule has 0 radical (unpaired) electrons. The van der Waals surface area contributed by atoms with Crippen molar-refractivity contribution < 1.29 is 14.6 Å². The quantitative estimate of drug-likeness (QED) is 0.887. The number of phenolic OH excluding ortho intramolecular Hbond substituents is 1. The fraction of sp³-hybridized carbons (Fsp3) is 0.571. The third-order valence-electron chi connectivity index (χ3n) is 3.91. The lowest BCUT2D eigenvalue weighted by atomic mass is 10.1. The minimum atomic E-state index is 0.271. The second-order valence-electron chi connectivity index (χ2n) is 5.15.